The van der Waals surface area contributed by atoms with Gasteiger partial charge in [-0.25, -0.2) is 4.98 Å². The van der Waals surface area contributed by atoms with E-state index in [9.17, 15) is 0 Å². The van der Waals surface area contributed by atoms with Crippen molar-refractivity contribution >= 4 is 27.0 Å². The van der Waals surface area contributed by atoms with E-state index in [1.54, 1.807) is 0 Å². The lowest BCUT2D eigenvalue weighted by atomic mass is 10.2. The Kier molecular flexibility index (Phi) is 2.56. The number of aromatic nitrogens is 2. The monoisotopic (exact) mass is 253 g/mol. The Labute approximate surface area is 91.3 Å². The Bertz CT molecular complexity index is 462. The van der Waals surface area contributed by atoms with Crippen molar-refractivity contribution in [2.24, 2.45) is 7.05 Å². The SMILES string of the molecule is CNCc1cc2c(cc1Br)ncn2C. The molecule has 0 saturated heterocycles. The fraction of sp³-hybridized carbons (Fsp3) is 0.300. The van der Waals surface area contributed by atoms with Gasteiger partial charge in [0.2, 0.25) is 0 Å². The van der Waals surface area contributed by atoms with Gasteiger partial charge in [0.15, 0.2) is 0 Å². The van der Waals surface area contributed by atoms with Gasteiger partial charge < -0.3 is 9.88 Å². The molecule has 2 rings (SSSR count). The molecule has 0 aliphatic carbocycles. The highest BCUT2D eigenvalue weighted by atomic mass is 79.9. The van der Waals surface area contributed by atoms with Crippen molar-refractivity contribution in [1.29, 1.82) is 0 Å². The third kappa shape index (κ3) is 1.55. The van der Waals surface area contributed by atoms with Gasteiger partial charge in [-0.05, 0) is 24.7 Å². The van der Waals surface area contributed by atoms with E-state index >= 15 is 0 Å². The number of nitrogens with zero attached hydrogens (tertiary/aromatic N) is 2. The molecule has 0 unspecified atom stereocenters. The molecule has 0 aliphatic rings. The summed E-state index contributed by atoms with van der Waals surface area (Å²) in [5.41, 5.74) is 3.45. The van der Waals surface area contributed by atoms with Crippen LogP contribution in [0.3, 0.4) is 0 Å². The third-order valence-electron chi connectivity index (χ3n) is 2.26. The van der Waals surface area contributed by atoms with Crippen molar-refractivity contribution in [2.45, 2.75) is 6.54 Å². The Morgan fingerprint density at radius 1 is 1.50 bits per heavy atom. The molecule has 14 heavy (non-hydrogen) atoms. The topological polar surface area (TPSA) is 29.9 Å². The zero-order valence-corrected chi connectivity index (χ0v) is 9.80. The molecule has 74 valence electrons. The van der Waals surface area contributed by atoms with Gasteiger partial charge in [-0.2, -0.15) is 0 Å². The van der Waals surface area contributed by atoms with E-state index in [1.807, 2.05) is 25.0 Å². The maximum Gasteiger partial charge on any atom is 0.0955 e. The molecule has 0 radical (unpaired) electrons. The van der Waals surface area contributed by atoms with Crippen LogP contribution in [0.5, 0.6) is 0 Å². The minimum atomic E-state index is 0.863. The van der Waals surface area contributed by atoms with Crippen LogP contribution in [0.4, 0.5) is 0 Å². The van der Waals surface area contributed by atoms with Crippen LogP contribution in [0.2, 0.25) is 0 Å². The maximum atomic E-state index is 4.29. The molecule has 1 N–H and O–H groups in total. The predicted octanol–water partition coefficient (Wildman–Crippen LogP) is 2.06. The largest absolute Gasteiger partial charge is 0.334 e. The molecule has 0 spiro atoms. The van der Waals surface area contributed by atoms with E-state index in [1.165, 1.54) is 11.1 Å². The zero-order chi connectivity index (χ0) is 10.1. The number of nitrogens with one attached hydrogen (secondary N) is 1. The first-order valence-corrected chi connectivity index (χ1v) is 5.25. The molecule has 0 aliphatic heterocycles. The maximum absolute atomic E-state index is 4.29. The fourth-order valence-corrected chi connectivity index (χ4v) is 1.99. The quantitative estimate of drug-likeness (QED) is 0.888. The van der Waals surface area contributed by atoms with Crippen molar-refractivity contribution < 1.29 is 0 Å². The average molecular weight is 254 g/mol. The van der Waals surface area contributed by atoms with Gasteiger partial charge in [0.05, 0.1) is 17.4 Å². The summed E-state index contributed by atoms with van der Waals surface area (Å²) in [5.74, 6) is 0. The molecular formula is C10H12BrN3. The molecule has 4 heteroatoms. The molecule has 1 aromatic heterocycles. The van der Waals surface area contributed by atoms with E-state index in [0.717, 1.165) is 16.5 Å². The van der Waals surface area contributed by atoms with Gasteiger partial charge in [-0.1, -0.05) is 15.9 Å². The van der Waals surface area contributed by atoms with E-state index in [-0.39, 0.29) is 0 Å². The minimum Gasteiger partial charge on any atom is -0.334 e. The first kappa shape index (κ1) is 9.68. The Morgan fingerprint density at radius 2 is 2.29 bits per heavy atom. The summed E-state index contributed by atoms with van der Waals surface area (Å²) in [6.45, 7) is 0.863. The summed E-state index contributed by atoms with van der Waals surface area (Å²) in [4.78, 5) is 4.29. The summed E-state index contributed by atoms with van der Waals surface area (Å²) in [6, 6.07) is 4.21. The number of imidazole rings is 1. The van der Waals surface area contributed by atoms with Gasteiger partial charge >= 0.3 is 0 Å². The van der Waals surface area contributed by atoms with Crippen molar-refractivity contribution in [3.63, 3.8) is 0 Å². The lowest BCUT2D eigenvalue weighted by Crippen LogP contribution is -2.05. The Morgan fingerprint density at radius 3 is 3.00 bits per heavy atom. The van der Waals surface area contributed by atoms with E-state index in [0.29, 0.717) is 0 Å². The van der Waals surface area contributed by atoms with Gasteiger partial charge in [-0.15, -0.1) is 0 Å². The smallest absolute Gasteiger partial charge is 0.0955 e. The molecule has 3 nitrogen and oxygen atoms in total. The molecule has 0 amide bonds. The van der Waals surface area contributed by atoms with Crippen molar-refractivity contribution in [1.82, 2.24) is 14.9 Å². The highest BCUT2D eigenvalue weighted by Gasteiger charge is 2.05. The second kappa shape index (κ2) is 3.71. The summed E-state index contributed by atoms with van der Waals surface area (Å²) < 4.78 is 3.14. The Balaban J connectivity index is 2.61. The lowest BCUT2D eigenvalue weighted by molar-refractivity contribution is 0.814. The number of hydrogen-bond donors (Lipinski definition) is 1. The molecule has 2 aromatic rings. The van der Waals surface area contributed by atoms with E-state index in [4.69, 9.17) is 0 Å². The van der Waals surface area contributed by atoms with Crippen LogP contribution in [0.25, 0.3) is 11.0 Å². The fourth-order valence-electron chi connectivity index (χ4n) is 1.52. The first-order chi connectivity index (χ1) is 6.72. The third-order valence-corrected chi connectivity index (χ3v) is 3.00. The van der Waals surface area contributed by atoms with Crippen LogP contribution in [-0.4, -0.2) is 16.6 Å². The van der Waals surface area contributed by atoms with E-state index in [2.05, 4.69) is 38.4 Å². The van der Waals surface area contributed by atoms with Crippen LogP contribution in [-0.2, 0) is 13.6 Å². The highest BCUT2D eigenvalue weighted by molar-refractivity contribution is 9.10. The van der Waals surface area contributed by atoms with Crippen LogP contribution in [0.15, 0.2) is 22.9 Å². The van der Waals surface area contributed by atoms with Gasteiger partial charge in [0, 0.05) is 18.1 Å². The van der Waals surface area contributed by atoms with Gasteiger partial charge in [-0.3, -0.25) is 0 Å². The molecule has 0 bridgehead atoms. The molecule has 1 aromatic carbocycles. The molecule has 0 fully saturated rings. The number of aryl methyl sites for hydroxylation is 1. The summed E-state index contributed by atoms with van der Waals surface area (Å²) >= 11 is 3.54. The number of hydrogen-bond acceptors (Lipinski definition) is 2. The van der Waals surface area contributed by atoms with Crippen LogP contribution in [0.1, 0.15) is 5.56 Å². The molecular weight excluding hydrogens is 242 g/mol. The predicted molar refractivity (Wildman–Crippen MR) is 61.2 cm³/mol. The summed E-state index contributed by atoms with van der Waals surface area (Å²) in [6.07, 6.45) is 1.83. The van der Waals surface area contributed by atoms with Crippen LogP contribution < -0.4 is 5.32 Å². The van der Waals surface area contributed by atoms with Crippen molar-refractivity contribution in [2.75, 3.05) is 7.05 Å². The first-order valence-electron chi connectivity index (χ1n) is 4.46. The minimum absolute atomic E-state index is 0.863. The number of halogens is 1. The van der Waals surface area contributed by atoms with E-state index < -0.39 is 0 Å². The van der Waals surface area contributed by atoms with Gasteiger partial charge in [0.25, 0.3) is 0 Å². The second-order valence-electron chi connectivity index (χ2n) is 3.32. The summed E-state index contributed by atoms with van der Waals surface area (Å²) in [5, 5.41) is 3.14. The zero-order valence-electron chi connectivity index (χ0n) is 8.21. The van der Waals surface area contributed by atoms with Crippen molar-refractivity contribution in [3.8, 4) is 0 Å². The summed E-state index contributed by atoms with van der Waals surface area (Å²) in [7, 11) is 3.95. The van der Waals surface area contributed by atoms with Gasteiger partial charge in [0.1, 0.15) is 0 Å². The molecule has 0 saturated carbocycles. The standard InChI is InChI=1S/C10H12BrN3/c1-12-5-7-3-10-9(4-8(7)11)13-6-14(10)2/h3-4,6,12H,5H2,1-2H3. The number of benzene rings is 1. The Hall–Kier alpha value is -0.870. The lowest BCUT2D eigenvalue weighted by Gasteiger charge is -2.04. The number of fused-ring (bicyclic) bond motifs is 1. The molecule has 1 heterocycles. The number of rotatable bonds is 2. The van der Waals surface area contributed by atoms with Crippen molar-refractivity contribution in [3.05, 3.63) is 28.5 Å². The van der Waals surface area contributed by atoms with Crippen LogP contribution in [0, 0.1) is 0 Å². The normalized spacial score (nSPS) is 11.1. The second-order valence-corrected chi connectivity index (χ2v) is 4.17. The van der Waals surface area contributed by atoms with Crippen LogP contribution >= 0.6 is 15.9 Å². The average Bonchev–Trinajstić information content (AvgIpc) is 2.49. The molecule has 0 atom stereocenters. The highest BCUT2D eigenvalue weighted by Crippen LogP contribution is 2.23.